The van der Waals surface area contributed by atoms with Gasteiger partial charge in [-0.3, -0.25) is 9.59 Å². The van der Waals surface area contributed by atoms with Gasteiger partial charge >= 0.3 is 5.97 Å². The number of hydrogen-bond acceptors (Lipinski definition) is 6. The van der Waals surface area contributed by atoms with Gasteiger partial charge in [-0.2, -0.15) is 0 Å². The fourth-order valence-corrected chi connectivity index (χ4v) is 3.80. The lowest BCUT2D eigenvalue weighted by Gasteiger charge is -2.16. The van der Waals surface area contributed by atoms with Gasteiger partial charge in [-0.05, 0) is 38.9 Å². The number of rotatable bonds is 7. The molecule has 142 valence electrons. The molecule has 2 aromatic rings. The number of aromatic nitrogens is 2. The van der Waals surface area contributed by atoms with Crippen molar-refractivity contribution in [3.8, 4) is 0 Å². The average molecular weight is 380 g/mol. The molecule has 0 saturated carbocycles. The van der Waals surface area contributed by atoms with Gasteiger partial charge in [0.25, 0.3) is 11.5 Å². The summed E-state index contributed by atoms with van der Waals surface area (Å²) in [6.45, 7) is 5.93. The smallest absolute Gasteiger partial charge is 0.326 e. The molecule has 2 rings (SSSR count). The summed E-state index contributed by atoms with van der Waals surface area (Å²) in [5.41, 5.74) is 0.220. The number of nitrogens with zero attached hydrogens (tertiary/aromatic N) is 2. The number of carbonyl (C=O) groups is 2. The van der Waals surface area contributed by atoms with E-state index in [1.54, 1.807) is 6.92 Å². The van der Waals surface area contributed by atoms with Gasteiger partial charge < -0.3 is 20.3 Å². The number of hydrogen-bond donors (Lipinski definition) is 3. The van der Waals surface area contributed by atoms with Crippen LogP contribution in [0.1, 0.15) is 41.3 Å². The highest BCUT2D eigenvalue weighted by atomic mass is 32.1. The van der Waals surface area contributed by atoms with E-state index in [2.05, 4.69) is 15.3 Å². The van der Waals surface area contributed by atoms with Crippen LogP contribution >= 0.6 is 11.3 Å². The molecule has 1 unspecified atom stereocenters. The van der Waals surface area contributed by atoms with Crippen LogP contribution < -0.4 is 10.9 Å². The molecule has 0 aliphatic heterocycles. The van der Waals surface area contributed by atoms with Crippen LogP contribution in [0.4, 0.5) is 0 Å². The Bertz CT molecular complexity index is 885. The highest BCUT2D eigenvalue weighted by Gasteiger charge is 2.25. The lowest BCUT2D eigenvalue weighted by Crippen LogP contribution is -2.41. The van der Waals surface area contributed by atoms with Crippen molar-refractivity contribution in [2.24, 2.45) is 5.92 Å². The number of H-pyrrole nitrogens is 1. The minimum Gasteiger partial charge on any atom is -0.480 e. The van der Waals surface area contributed by atoms with Crippen molar-refractivity contribution in [2.45, 2.75) is 39.8 Å². The Kier molecular flexibility index (Phi) is 6.14. The predicted molar refractivity (Wildman–Crippen MR) is 101 cm³/mol. The van der Waals surface area contributed by atoms with Crippen molar-refractivity contribution in [1.29, 1.82) is 0 Å². The first-order valence-electron chi connectivity index (χ1n) is 8.30. The minimum atomic E-state index is -1.07. The van der Waals surface area contributed by atoms with Crippen LogP contribution in [0.5, 0.6) is 0 Å². The number of amides is 1. The third-order valence-electron chi connectivity index (χ3n) is 3.83. The van der Waals surface area contributed by atoms with E-state index in [-0.39, 0.29) is 11.5 Å². The predicted octanol–water partition coefficient (Wildman–Crippen LogP) is 1.58. The molecule has 1 amide bonds. The highest BCUT2D eigenvalue weighted by molar-refractivity contribution is 7.20. The van der Waals surface area contributed by atoms with E-state index in [4.69, 9.17) is 0 Å². The van der Waals surface area contributed by atoms with Crippen molar-refractivity contribution in [3.05, 3.63) is 26.6 Å². The van der Waals surface area contributed by atoms with Gasteiger partial charge in [0.15, 0.2) is 0 Å². The third-order valence-corrected chi connectivity index (χ3v) is 5.02. The molecule has 9 heteroatoms. The van der Waals surface area contributed by atoms with E-state index in [1.807, 2.05) is 32.8 Å². The SMILES string of the molecule is Cc1c(C(=O)NC(CC(C)C)C(=O)O)sc2nc(CN(C)C)[nH]c(=O)c12. The Labute approximate surface area is 155 Å². The molecular weight excluding hydrogens is 356 g/mol. The molecule has 26 heavy (non-hydrogen) atoms. The van der Waals surface area contributed by atoms with Crippen LogP contribution in [0.3, 0.4) is 0 Å². The maximum atomic E-state index is 12.6. The molecule has 2 heterocycles. The second kappa shape index (κ2) is 7.96. The normalized spacial score (nSPS) is 12.7. The van der Waals surface area contributed by atoms with E-state index in [0.717, 1.165) is 11.3 Å². The molecule has 0 saturated heterocycles. The van der Waals surface area contributed by atoms with Gasteiger partial charge in [0.05, 0.1) is 16.8 Å². The zero-order chi connectivity index (χ0) is 19.6. The zero-order valence-corrected chi connectivity index (χ0v) is 16.4. The molecule has 0 radical (unpaired) electrons. The number of aromatic amines is 1. The maximum Gasteiger partial charge on any atom is 0.326 e. The lowest BCUT2D eigenvalue weighted by molar-refractivity contribution is -0.139. The standard InChI is InChI=1S/C17H24N4O4S/c1-8(2)6-10(17(24)25)18-15(23)13-9(3)12-14(22)19-11(7-21(4)5)20-16(12)26-13/h8,10H,6-7H2,1-5H3,(H,18,23)(H,24,25)(H,19,20,22). The summed E-state index contributed by atoms with van der Waals surface area (Å²) in [6.07, 6.45) is 0.330. The van der Waals surface area contributed by atoms with Crippen LogP contribution in [-0.4, -0.2) is 52.0 Å². The largest absolute Gasteiger partial charge is 0.480 e. The van der Waals surface area contributed by atoms with E-state index in [0.29, 0.717) is 39.4 Å². The summed E-state index contributed by atoms with van der Waals surface area (Å²) >= 11 is 1.11. The maximum absolute atomic E-state index is 12.6. The second-order valence-corrected chi connectivity index (χ2v) is 7.98. The molecule has 2 aromatic heterocycles. The Balaban J connectivity index is 2.38. The van der Waals surface area contributed by atoms with Crippen molar-refractivity contribution in [1.82, 2.24) is 20.2 Å². The molecule has 0 aromatic carbocycles. The van der Waals surface area contributed by atoms with Gasteiger partial charge in [-0.1, -0.05) is 13.8 Å². The first-order valence-corrected chi connectivity index (χ1v) is 9.12. The Hall–Kier alpha value is -2.26. The first-order chi connectivity index (χ1) is 12.1. The van der Waals surface area contributed by atoms with Crippen molar-refractivity contribution in [2.75, 3.05) is 14.1 Å². The van der Waals surface area contributed by atoms with Crippen LogP contribution in [0, 0.1) is 12.8 Å². The number of nitrogens with one attached hydrogen (secondary N) is 2. The van der Waals surface area contributed by atoms with E-state index < -0.39 is 17.9 Å². The van der Waals surface area contributed by atoms with Crippen LogP contribution in [0.2, 0.25) is 0 Å². The number of fused-ring (bicyclic) bond motifs is 1. The van der Waals surface area contributed by atoms with Crippen molar-refractivity contribution >= 4 is 33.4 Å². The van der Waals surface area contributed by atoms with Gasteiger partial charge in [0.2, 0.25) is 0 Å². The monoisotopic (exact) mass is 380 g/mol. The van der Waals surface area contributed by atoms with Crippen molar-refractivity contribution in [3.63, 3.8) is 0 Å². The molecule has 0 aliphatic rings. The average Bonchev–Trinajstić information content (AvgIpc) is 2.82. The highest BCUT2D eigenvalue weighted by Crippen LogP contribution is 2.27. The van der Waals surface area contributed by atoms with Crippen LogP contribution in [0.25, 0.3) is 10.2 Å². The fraction of sp³-hybridized carbons (Fsp3) is 0.529. The molecule has 1 atom stereocenters. The molecule has 8 nitrogen and oxygen atoms in total. The minimum absolute atomic E-state index is 0.123. The molecule has 0 spiro atoms. The Morgan fingerprint density at radius 3 is 2.54 bits per heavy atom. The molecule has 0 fully saturated rings. The Morgan fingerprint density at radius 1 is 1.35 bits per heavy atom. The number of carboxylic acids is 1. The van der Waals surface area contributed by atoms with Gasteiger partial charge in [-0.15, -0.1) is 11.3 Å². The van der Waals surface area contributed by atoms with Gasteiger partial charge in [0, 0.05) is 0 Å². The first kappa shape index (κ1) is 20.1. The van der Waals surface area contributed by atoms with E-state index in [1.165, 1.54) is 0 Å². The van der Waals surface area contributed by atoms with Gasteiger partial charge in [-0.25, -0.2) is 9.78 Å². The fourth-order valence-electron chi connectivity index (χ4n) is 2.70. The van der Waals surface area contributed by atoms with Crippen LogP contribution in [-0.2, 0) is 11.3 Å². The molecule has 0 aliphatic carbocycles. The summed E-state index contributed by atoms with van der Waals surface area (Å²) in [5, 5.41) is 12.2. The summed E-state index contributed by atoms with van der Waals surface area (Å²) in [5.74, 6) is -0.927. The van der Waals surface area contributed by atoms with Crippen molar-refractivity contribution < 1.29 is 14.7 Å². The number of aryl methyl sites for hydroxylation is 1. The molecule has 0 bridgehead atoms. The lowest BCUT2D eigenvalue weighted by atomic mass is 10.0. The van der Waals surface area contributed by atoms with E-state index >= 15 is 0 Å². The number of thiophene rings is 1. The number of carbonyl (C=O) groups excluding carboxylic acids is 1. The van der Waals surface area contributed by atoms with Crippen LogP contribution in [0.15, 0.2) is 4.79 Å². The summed E-state index contributed by atoms with van der Waals surface area (Å²) in [7, 11) is 3.73. The Morgan fingerprint density at radius 2 is 2.00 bits per heavy atom. The summed E-state index contributed by atoms with van der Waals surface area (Å²) in [6, 6.07) is -0.970. The summed E-state index contributed by atoms with van der Waals surface area (Å²) < 4.78 is 0. The number of aliphatic carboxylic acids is 1. The van der Waals surface area contributed by atoms with E-state index in [9.17, 15) is 19.5 Å². The second-order valence-electron chi connectivity index (χ2n) is 6.98. The molecular formula is C17H24N4O4S. The van der Waals surface area contributed by atoms with Gasteiger partial charge in [0.1, 0.15) is 16.7 Å². The zero-order valence-electron chi connectivity index (χ0n) is 15.5. The summed E-state index contributed by atoms with van der Waals surface area (Å²) in [4.78, 5) is 46.2. The number of carboxylic acid groups (broad SMARTS) is 1. The third kappa shape index (κ3) is 4.47. The topological polar surface area (TPSA) is 115 Å². The quantitative estimate of drug-likeness (QED) is 0.672. The molecule has 3 N–H and O–H groups in total.